The molecule has 6 nitrogen and oxygen atoms in total. The van der Waals surface area contributed by atoms with E-state index in [-0.39, 0.29) is 0 Å². The molecule has 0 unspecified atom stereocenters. The number of carbonyl (C=O) groups excluding carboxylic acids is 2. The molecular weight excluding hydrogens is 495 g/mol. The normalized spacial score (nSPS) is 14.6. The van der Waals surface area contributed by atoms with Crippen LogP contribution in [0.1, 0.15) is 29.8 Å². The van der Waals surface area contributed by atoms with Crippen molar-refractivity contribution in [1.29, 1.82) is 0 Å². The van der Waals surface area contributed by atoms with Gasteiger partial charge in [0, 0.05) is 5.56 Å². The maximum atomic E-state index is 12.9. The lowest BCUT2D eigenvalue weighted by atomic mass is 10.1. The zero-order valence-electron chi connectivity index (χ0n) is 16.7. The van der Waals surface area contributed by atoms with Gasteiger partial charge in [-0.05, 0) is 72.3 Å². The fraction of sp³-hybridized carbons (Fsp3) is 0.174. The third kappa shape index (κ3) is 4.62. The summed E-state index contributed by atoms with van der Waals surface area (Å²) >= 11 is 2.16. The number of benzene rings is 2. The SMILES string of the molecule is C=CCOc1c(I)cc(/C=C2/C(=O)N(C(=O)c3ccccc3)N=C2C)cc1OCC. The zero-order chi connectivity index (χ0) is 21.7. The van der Waals surface area contributed by atoms with Crippen LogP contribution in [0.15, 0.2) is 65.8 Å². The average Bonchev–Trinajstić information content (AvgIpc) is 3.02. The van der Waals surface area contributed by atoms with Gasteiger partial charge in [0.15, 0.2) is 11.5 Å². The van der Waals surface area contributed by atoms with E-state index in [2.05, 4.69) is 34.3 Å². The van der Waals surface area contributed by atoms with Gasteiger partial charge in [-0.1, -0.05) is 30.9 Å². The molecular formula is C23H21IN2O4. The van der Waals surface area contributed by atoms with Crippen LogP contribution in [-0.2, 0) is 4.79 Å². The van der Waals surface area contributed by atoms with E-state index < -0.39 is 11.8 Å². The van der Waals surface area contributed by atoms with E-state index in [9.17, 15) is 9.59 Å². The standard InChI is InChI=1S/C23H21IN2O4/c1-4-11-30-21-19(24)13-16(14-20(21)29-5-2)12-18-15(3)25-26(23(18)28)22(27)17-9-7-6-8-10-17/h4,6-10,12-14H,1,5,11H2,2-3H3/b18-12+. The van der Waals surface area contributed by atoms with Gasteiger partial charge in [0.05, 0.1) is 21.5 Å². The van der Waals surface area contributed by atoms with Crippen molar-refractivity contribution in [2.75, 3.05) is 13.2 Å². The second-order valence-electron chi connectivity index (χ2n) is 6.39. The molecule has 1 heterocycles. The quantitative estimate of drug-likeness (QED) is 0.232. The summed E-state index contributed by atoms with van der Waals surface area (Å²) in [6.45, 7) is 8.09. The number of carbonyl (C=O) groups is 2. The fourth-order valence-corrected chi connectivity index (χ4v) is 3.69. The van der Waals surface area contributed by atoms with Crippen molar-refractivity contribution in [3.05, 3.63) is 75.4 Å². The molecule has 0 saturated heterocycles. The molecule has 154 valence electrons. The lowest BCUT2D eigenvalue weighted by Crippen LogP contribution is -2.29. The van der Waals surface area contributed by atoms with Crippen LogP contribution in [0.5, 0.6) is 11.5 Å². The Kier molecular flexibility index (Phi) is 7.04. The van der Waals surface area contributed by atoms with E-state index in [0.29, 0.717) is 41.6 Å². The van der Waals surface area contributed by atoms with Crippen LogP contribution in [-0.4, -0.2) is 35.7 Å². The monoisotopic (exact) mass is 516 g/mol. The lowest BCUT2D eigenvalue weighted by molar-refractivity contribution is -0.123. The first-order chi connectivity index (χ1) is 14.5. The van der Waals surface area contributed by atoms with Gasteiger partial charge in [-0.25, -0.2) is 0 Å². The third-order valence-corrected chi connectivity index (χ3v) is 5.07. The van der Waals surface area contributed by atoms with E-state index in [0.717, 1.165) is 14.1 Å². The number of ether oxygens (including phenoxy) is 2. The average molecular weight is 516 g/mol. The van der Waals surface area contributed by atoms with E-state index in [4.69, 9.17) is 9.47 Å². The highest BCUT2D eigenvalue weighted by Gasteiger charge is 2.33. The van der Waals surface area contributed by atoms with Crippen LogP contribution in [0, 0.1) is 3.57 Å². The van der Waals surface area contributed by atoms with E-state index in [1.165, 1.54) is 0 Å². The second kappa shape index (κ2) is 9.71. The van der Waals surface area contributed by atoms with Crippen LogP contribution in [0.2, 0.25) is 0 Å². The molecule has 0 aliphatic carbocycles. The van der Waals surface area contributed by atoms with Crippen molar-refractivity contribution in [1.82, 2.24) is 5.01 Å². The van der Waals surface area contributed by atoms with Crippen molar-refractivity contribution in [2.45, 2.75) is 13.8 Å². The lowest BCUT2D eigenvalue weighted by Gasteiger charge is -2.14. The molecule has 1 aliphatic rings. The van der Waals surface area contributed by atoms with Crippen molar-refractivity contribution in [3.63, 3.8) is 0 Å². The van der Waals surface area contributed by atoms with Gasteiger partial charge in [0.25, 0.3) is 11.8 Å². The van der Waals surface area contributed by atoms with Crippen LogP contribution in [0.25, 0.3) is 6.08 Å². The molecule has 0 N–H and O–H groups in total. The third-order valence-electron chi connectivity index (χ3n) is 4.26. The topological polar surface area (TPSA) is 68.2 Å². The van der Waals surface area contributed by atoms with Crippen molar-refractivity contribution in [3.8, 4) is 11.5 Å². The Bertz CT molecular complexity index is 1040. The molecule has 2 amide bonds. The molecule has 0 atom stereocenters. The molecule has 0 radical (unpaired) electrons. The molecule has 0 spiro atoms. The summed E-state index contributed by atoms with van der Waals surface area (Å²) in [5.74, 6) is 0.293. The molecule has 0 saturated carbocycles. The molecule has 7 heteroatoms. The first-order valence-corrected chi connectivity index (χ1v) is 10.4. The number of rotatable bonds is 7. The highest BCUT2D eigenvalue weighted by molar-refractivity contribution is 14.1. The zero-order valence-corrected chi connectivity index (χ0v) is 18.9. The number of amides is 2. The summed E-state index contributed by atoms with van der Waals surface area (Å²) in [7, 11) is 0. The molecule has 30 heavy (non-hydrogen) atoms. The molecule has 3 rings (SSSR count). The maximum Gasteiger partial charge on any atom is 0.283 e. The van der Waals surface area contributed by atoms with Gasteiger partial charge < -0.3 is 9.47 Å². The summed E-state index contributed by atoms with van der Waals surface area (Å²) in [4.78, 5) is 25.6. The summed E-state index contributed by atoms with van der Waals surface area (Å²) in [6, 6.07) is 12.3. The van der Waals surface area contributed by atoms with Gasteiger partial charge in [-0.15, -0.1) is 0 Å². The first kappa shape index (κ1) is 21.8. The van der Waals surface area contributed by atoms with E-state index >= 15 is 0 Å². The Morgan fingerprint density at radius 2 is 1.97 bits per heavy atom. The Labute approximate surface area is 189 Å². The van der Waals surface area contributed by atoms with Crippen LogP contribution in [0.3, 0.4) is 0 Å². The number of hydrogen-bond donors (Lipinski definition) is 0. The molecule has 0 fully saturated rings. The highest BCUT2D eigenvalue weighted by Crippen LogP contribution is 2.35. The van der Waals surface area contributed by atoms with Crippen LogP contribution < -0.4 is 9.47 Å². The van der Waals surface area contributed by atoms with Gasteiger partial charge in [0.2, 0.25) is 0 Å². The highest BCUT2D eigenvalue weighted by atomic mass is 127. The predicted octanol–water partition coefficient (Wildman–Crippen LogP) is 4.70. The van der Waals surface area contributed by atoms with Gasteiger partial charge >= 0.3 is 0 Å². The summed E-state index contributed by atoms with van der Waals surface area (Å²) in [6.07, 6.45) is 3.37. The Balaban J connectivity index is 1.93. The summed E-state index contributed by atoms with van der Waals surface area (Å²) in [5.41, 5.74) is 1.99. The number of hydrazone groups is 1. The fourth-order valence-electron chi connectivity index (χ4n) is 2.91. The number of imide groups is 1. The van der Waals surface area contributed by atoms with Gasteiger partial charge in [0.1, 0.15) is 6.61 Å². The molecule has 0 aromatic heterocycles. The number of nitrogens with zero attached hydrogens (tertiary/aromatic N) is 2. The molecule has 2 aromatic carbocycles. The minimum Gasteiger partial charge on any atom is -0.490 e. The summed E-state index contributed by atoms with van der Waals surface area (Å²) < 4.78 is 12.3. The van der Waals surface area contributed by atoms with Crippen molar-refractivity contribution >= 4 is 46.2 Å². The molecule has 1 aliphatic heterocycles. The van der Waals surface area contributed by atoms with Crippen molar-refractivity contribution in [2.24, 2.45) is 5.10 Å². The smallest absolute Gasteiger partial charge is 0.283 e. The minimum absolute atomic E-state index is 0.358. The van der Waals surface area contributed by atoms with Crippen molar-refractivity contribution < 1.29 is 19.1 Å². The maximum absolute atomic E-state index is 12.9. The van der Waals surface area contributed by atoms with Crippen LogP contribution in [0.4, 0.5) is 0 Å². The summed E-state index contributed by atoms with van der Waals surface area (Å²) in [5, 5.41) is 5.09. The first-order valence-electron chi connectivity index (χ1n) is 9.37. The molecule has 0 bridgehead atoms. The van der Waals surface area contributed by atoms with Gasteiger partial charge in [-0.2, -0.15) is 10.1 Å². The Morgan fingerprint density at radius 3 is 2.63 bits per heavy atom. The van der Waals surface area contributed by atoms with E-state index in [1.54, 1.807) is 49.4 Å². The van der Waals surface area contributed by atoms with Gasteiger partial charge in [-0.3, -0.25) is 9.59 Å². The Morgan fingerprint density at radius 1 is 1.23 bits per heavy atom. The predicted molar refractivity (Wildman–Crippen MR) is 125 cm³/mol. The minimum atomic E-state index is -0.457. The largest absolute Gasteiger partial charge is 0.490 e. The number of hydrogen-bond acceptors (Lipinski definition) is 5. The van der Waals surface area contributed by atoms with Crippen LogP contribution >= 0.6 is 22.6 Å². The second-order valence-corrected chi connectivity index (χ2v) is 7.56. The Hall–Kier alpha value is -2.94. The van der Waals surface area contributed by atoms with E-state index in [1.807, 2.05) is 19.1 Å². The number of halogens is 1. The molecule has 2 aromatic rings.